The van der Waals surface area contributed by atoms with Gasteiger partial charge in [-0.15, -0.1) is 0 Å². The number of hydrogen-bond donors (Lipinski definition) is 2. The molecule has 4 aromatic rings. The summed E-state index contributed by atoms with van der Waals surface area (Å²) in [6.45, 7) is 0. The van der Waals surface area contributed by atoms with Crippen LogP contribution in [-0.2, 0) is 0 Å². The summed E-state index contributed by atoms with van der Waals surface area (Å²) in [6, 6.07) is 12.3. The average Bonchev–Trinajstić information content (AvgIpc) is 3.14. The average molecular weight is 366 g/mol. The topological polar surface area (TPSA) is 119 Å². The van der Waals surface area contributed by atoms with Gasteiger partial charge in [0.05, 0.1) is 10.6 Å². The Bertz CT molecular complexity index is 1110. The van der Waals surface area contributed by atoms with Crippen molar-refractivity contribution in [3.63, 3.8) is 0 Å². The number of fused-ring (bicyclic) bond motifs is 1. The molecule has 2 heterocycles. The fraction of sp³-hybridized carbons (Fsp3) is 0. The van der Waals surface area contributed by atoms with E-state index in [-0.39, 0.29) is 28.2 Å². The maximum absolute atomic E-state index is 13.1. The molecule has 2 aromatic carbocycles. The summed E-state index contributed by atoms with van der Waals surface area (Å²) >= 11 is 0. The molecule has 0 spiro atoms. The molecule has 27 heavy (non-hydrogen) atoms. The van der Waals surface area contributed by atoms with Gasteiger partial charge in [-0.3, -0.25) is 10.1 Å². The Hall–Kier alpha value is -4.08. The lowest BCUT2D eigenvalue weighted by Crippen LogP contribution is -2.01. The quantitative estimate of drug-likeness (QED) is 0.399. The van der Waals surface area contributed by atoms with Crippen LogP contribution in [0.15, 0.2) is 59.4 Å². The zero-order valence-corrected chi connectivity index (χ0v) is 13.6. The Labute approximate surface area is 151 Å². The second-order valence-electron chi connectivity index (χ2n) is 5.51. The second kappa shape index (κ2) is 6.67. The van der Waals surface area contributed by atoms with E-state index >= 15 is 0 Å². The third kappa shape index (κ3) is 3.23. The lowest BCUT2D eigenvalue weighted by Gasteiger charge is -2.11. The number of nitro benzene ring substituents is 1. The molecule has 10 heteroatoms. The molecule has 0 bridgehead atoms. The summed E-state index contributed by atoms with van der Waals surface area (Å²) < 4.78 is 17.8. The number of aromatic nitrogens is 3. The molecule has 0 aliphatic carbocycles. The Morgan fingerprint density at radius 2 is 1.78 bits per heavy atom. The molecule has 0 radical (unpaired) electrons. The van der Waals surface area contributed by atoms with Gasteiger partial charge in [0, 0.05) is 11.9 Å². The minimum absolute atomic E-state index is 0.0226. The minimum Gasteiger partial charge on any atom is -0.354 e. The van der Waals surface area contributed by atoms with Crippen LogP contribution in [0.4, 0.5) is 33.0 Å². The van der Waals surface area contributed by atoms with Crippen LogP contribution in [0, 0.1) is 15.9 Å². The molecular weight excluding hydrogens is 355 g/mol. The van der Waals surface area contributed by atoms with Gasteiger partial charge >= 0.3 is 5.69 Å². The number of pyridine rings is 1. The van der Waals surface area contributed by atoms with Gasteiger partial charge in [-0.05, 0) is 52.8 Å². The molecule has 0 aliphatic heterocycles. The summed E-state index contributed by atoms with van der Waals surface area (Å²) in [4.78, 5) is 15.1. The first kappa shape index (κ1) is 16.4. The number of halogens is 1. The van der Waals surface area contributed by atoms with Gasteiger partial charge < -0.3 is 10.6 Å². The summed E-state index contributed by atoms with van der Waals surface area (Å²) in [5.74, 6) is 0.0409. The number of benzene rings is 2. The van der Waals surface area contributed by atoms with Gasteiger partial charge in [-0.1, -0.05) is 6.07 Å². The molecule has 0 saturated heterocycles. The van der Waals surface area contributed by atoms with Crippen molar-refractivity contribution in [2.45, 2.75) is 0 Å². The molecular formula is C17H11FN6O3. The van der Waals surface area contributed by atoms with Crippen LogP contribution in [0.3, 0.4) is 0 Å². The predicted octanol–water partition coefficient (Wildman–Crippen LogP) is 4.15. The number of nitro groups is 1. The highest BCUT2D eigenvalue weighted by Crippen LogP contribution is 2.38. The molecule has 0 amide bonds. The Morgan fingerprint density at radius 1 is 1.00 bits per heavy atom. The van der Waals surface area contributed by atoms with Gasteiger partial charge in [-0.2, -0.15) is 0 Å². The summed E-state index contributed by atoms with van der Waals surface area (Å²) in [6.07, 6.45) is 1.56. The maximum Gasteiger partial charge on any atom is 0.324 e. The van der Waals surface area contributed by atoms with Crippen LogP contribution in [0.25, 0.3) is 11.0 Å². The van der Waals surface area contributed by atoms with Gasteiger partial charge in [0.25, 0.3) is 0 Å². The fourth-order valence-corrected chi connectivity index (χ4v) is 2.57. The van der Waals surface area contributed by atoms with E-state index in [0.29, 0.717) is 17.2 Å². The first-order chi connectivity index (χ1) is 13.1. The number of anilines is 4. The van der Waals surface area contributed by atoms with Crippen LogP contribution in [0.2, 0.25) is 0 Å². The lowest BCUT2D eigenvalue weighted by molar-refractivity contribution is -0.382. The minimum atomic E-state index is -0.570. The summed E-state index contributed by atoms with van der Waals surface area (Å²) in [7, 11) is 0. The van der Waals surface area contributed by atoms with Crippen LogP contribution in [-0.4, -0.2) is 20.2 Å². The highest BCUT2D eigenvalue weighted by molar-refractivity contribution is 6.01. The van der Waals surface area contributed by atoms with Crippen molar-refractivity contribution in [2.75, 3.05) is 10.6 Å². The third-order valence-corrected chi connectivity index (χ3v) is 3.75. The predicted molar refractivity (Wildman–Crippen MR) is 95.7 cm³/mol. The van der Waals surface area contributed by atoms with E-state index in [9.17, 15) is 14.5 Å². The number of hydrogen-bond acceptors (Lipinski definition) is 8. The molecule has 0 fully saturated rings. The monoisotopic (exact) mass is 366 g/mol. The van der Waals surface area contributed by atoms with Gasteiger partial charge in [0.15, 0.2) is 5.52 Å². The number of nitrogens with zero attached hydrogens (tertiary/aromatic N) is 4. The zero-order chi connectivity index (χ0) is 18.8. The van der Waals surface area contributed by atoms with Crippen molar-refractivity contribution in [1.29, 1.82) is 0 Å². The summed E-state index contributed by atoms with van der Waals surface area (Å²) in [5, 5.41) is 25.0. The molecule has 4 rings (SSSR count). The van der Waals surface area contributed by atoms with Gasteiger partial charge in [0.2, 0.25) is 5.52 Å². The first-order valence-corrected chi connectivity index (χ1v) is 7.76. The van der Waals surface area contributed by atoms with Crippen LogP contribution < -0.4 is 10.6 Å². The van der Waals surface area contributed by atoms with Crippen molar-refractivity contribution in [1.82, 2.24) is 15.3 Å². The van der Waals surface area contributed by atoms with E-state index in [4.69, 9.17) is 4.63 Å². The molecule has 0 aliphatic rings. The van der Waals surface area contributed by atoms with Crippen molar-refractivity contribution in [3.05, 3.63) is 70.7 Å². The zero-order valence-electron chi connectivity index (χ0n) is 13.6. The van der Waals surface area contributed by atoms with Crippen molar-refractivity contribution >= 4 is 39.6 Å². The van der Waals surface area contributed by atoms with Gasteiger partial charge in [0.1, 0.15) is 17.3 Å². The second-order valence-corrected chi connectivity index (χ2v) is 5.51. The molecule has 9 nitrogen and oxygen atoms in total. The molecule has 0 saturated carbocycles. The molecule has 2 aromatic heterocycles. The van der Waals surface area contributed by atoms with E-state index in [0.717, 1.165) is 0 Å². The normalized spacial score (nSPS) is 10.7. The molecule has 2 N–H and O–H groups in total. The lowest BCUT2D eigenvalue weighted by atomic mass is 10.1. The Balaban J connectivity index is 1.84. The van der Waals surface area contributed by atoms with Crippen LogP contribution >= 0.6 is 0 Å². The van der Waals surface area contributed by atoms with E-state index in [1.54, 1.807) is 24.4 Å². The van der Waals surface area contributed by atoms with E-state index in [1.165, 1.54) is 30.3 Å². The standard InChI is InChI=1S/C17H11FN6O3/c18-10-4-6-11(7-5-10)20-12-9-13(21-14-3-1-2-8-19-14)17(24(25)26)16-15(12)22-27-23-16/h1-9,20H,(H,19,21). The molecule has 134 valence electrons. The van der Waals surface area contributed by atoms with Crippen molar-refractivity contribution < 1.29 is 13.9 Å². The Morgan fingerprint density at radius 3 is 2.48 bits per heavy atom. The van der Waals surface area contributed by atoms with Crippen molar-refractivity contribution in [2.24, 2.45) is 0 Å². The highest BCUT2D eigenvalue weighted by Gasteiger charge is 2.26. The highest BCUT2D eigenvalue weighted by atomic mass is 19.1. The third-order valence-electron chi connectivity index (χ3n) is 3.75. The van der Waals surface area contributed by atoms with E-state index < -0.39 is 4.92 Å². The maximum atomic E-state index is 13.1. The van der Waals surface area contributed by atoms with E-state index in [1.807, 2.05) is 0 Å². The van der Waals surface area contributed by atoms with Gasteiger partial charge in [-0.25, -0.2) is 14.0 Å². The fourth-order valence-electron chi connectivity index (χ4n) is 2.57. The van der Waals surface area contributed by atoms with Crippen molar-refractivity contribution in [3.8, 4) is 0 Å². The largest absolute Gasteiger partial charge is 0.354 e. The Kier molecular flexibility index (Phi) is 4.05. The van der Waals surface area contributed by atoms with Crippen LogP contribution in [0.5, 0.6) is 0 Å². The SMILES string of the molecule is O=[N+]([O-])c1c(Nc2ccccn2)cc(Nc2ccc(F)cc2)c2nonc12. The first-order valence-electron chi connectivity index (χ1n) is 7.76. The van der Waals surface area contributed by atoms with Crippen LogP contribution in [0.1, 0.15) is 0 Å². The number of nitrogens with one attached hydrogen (secondary N) is 2. The van der Waals surface area contributed by atoms with E-state index in [2.05, 4.69) is 25.9 Å². The molecule has 0 unspecified atom stereocenters. The number of rotatable bonds is 5. The molecule has 0 atom stereocenters. The summed E-state index contributed by atoms with van der Waals surface area (Å²) in [5.41, 5.74) is 0.997. The smallest absolute Gasteiger partial charge is 0.324 e.